The van der Waals surface area contributed by atoms with Crippen LogP contribution in [0.5, 0.6) is 5.75 Å². The molecule has 2 nitrogen and oxygen atoms in total. The fourth-order valence-corrected chi connectivity index (χ4v) is 3.71. The highest BCUT2D eigenvalue weighted by Crippen LogP contribution is 2.36. The number of hydrogen-bond acceptors (Lipinski definition) is 2. The van der Waals surface area contributed by atoms with Gasteiger partial charge in [-0.1, -0.05) is 6.08 Å². The first kappa shape index (κ1) is 15.1. The van der Waals surface area contributed by atoms with Crippen LogP contribution in [0.2, 0.25) is 0 Å². The summed E-state index contributed by atoms with van der Waals surface area (Å²) in [5.41, 5.74) is 7.05. The predicted octanol–water partition coefficient (Wildman–Crippen LogP) is 4.59. The van der Waals surface area contributed by atoms with E-state index in [0.717, 1.165) is 34.0 Å². The minimum Gasteiger partial charge on any atom is -0.484 e. The van der Waals surface area contributed by atoms with Crippen molar-refractivity contribution in [1.82, 2.24) is 0 Å². The third-order valence-electron chi connectivity index (χ3n) is 3.10. The van der Waals surface area contributed by atoms with E-state index in [2.05, 4.69) is 56.1 Å². The van der Waals surface area contributed by atoms with Gasteiger partial charge in [-0.3, -0.25) is 0 Å². The maximum Gasteiger partial charge on any atom is 0.148 e. The minimum atomic E-state index is 0.159. The highest BCUT2D eigenvalue weighted by Gasteiger charge is 2.15. The molecule has 0 saturated heterocycles. The summed E-state index contributed by atoms with van der Waals surface area (Å²) in [6.45, 7) is 2.01. The Hall–Kier alpha value is -0.320. The smallest absolute Gasteiger partial charge is 0.148 e. The zero-order chi connectivity index (χ0) is 13.8. The highest BCUT2D eigenvalue weighted by atomic mass is 79.9. The quantitative estimate of drug-likeness (QED) is 0.765. The van der Waals surface area contributed by atoms with Crippen LogP contribution >= 0.6 is 31.9 Å². The van der Waals surface area contributed by atoms with E-state index in [1.165, 1.54) is 12.0 Å². The molecule has 0 saturated carbocycles. The molecule has 0 radical (unpaired) electrons. The molecule has 1 aliphatic rings. The van der Waals surface area contributed by atoms with Gasteiger partial charge in [0.2, 0.25) is 0 Å². The Labute approximate surface area is 131 Å². The van der Waals surface area contributed by atoms with E-state index < -0.39 is 0 Å². The monoisotopic (exact) mass is 387 g/mol. The molecule has 1 aromatic carbocycles. The molecule has 0 aromatic heterocycles. The standard InChI is InChI=1S/C15H19Br2NO/c1-10(18)7-11-8-13(16)15(14(17)9-11)19-12-5-3-2-4-6-12/h3,5,8-10,12H,2,4,6-7,18H2,1H3. The van der Waals surface area contributed by atoms with E-state index in [4.69, 9.17) is 10.5 Å². The molecule has 2 N–H and O–H groups in total. The van der Waals surface area contributed by atoms with Crippen molar-refractivity contribution >= 4 is 31.9 Å². The number of ether oxygens (including phenoxy) is 1. The molecule has 19 heavy (non-hydrogen) atoms. The second-order valence-corrected chi connectivity index (χ2v) is 6.79. The van der Waals surface area contributed by atoms with Gasteiger partial charge in [0, 0.05) is 6.04 Å². The maximum atomic E-state index is 6.07. The second kappa shape index (κ2) is 6.91. The fourth-order valence-electron chi connectivity index (χ4n) is 2.25. The molecule has 0 heterocycles. The van der Waals surface area contributed by atoms with Crippen LogP contribution in [0.3, 0.4) is 0 Å². The number of hydrogen-bond donors (Lipinski definition) is 1. The first-order valence-corrected chi connectivity index (χ1v) is 8.21. The number of halogens is 2. The topological polar surface area (TPSA) is 35.2 Å². The number of benzene rings is 1. The summed E-state index contributed by atoms with van der Waals surface area (Å²) in [7, 11) is 0. The summed E-state index contributed by atoms with van der Waals surface area (Å²) in [6.07, 6.45) is 8.83. The van der Waals surface area contributed by atoms with Crippen LogP contribution in [0.4, 0.5) is 0 Å². The second-order valence-electron chi connectivity index (χ2n) is 5.09. The Bertz CT molecular complexity index is 448. The highest BCUT2D eigenvalue weighted by molar-refractivity contribution is 9.11. The Kier molecular flexibility index (Phi) is 5.48. The molecular weight excluding hydrogens is 370 g/mol. The Morgan fingerprint density at radius 3 is 2.58 bits per heavy atom. The van der Waals surface area contributed by atoms with Gasteiger partial charge < -0.3 is 10.5 Å². The number of nitrogens with two attached hydrogens (primary N) is 1. The van der Waals surface area contributed by atoms with E-state index in [1.807, 2.05) is 6.92 Å². The molecule has 2 unspecified atom stereocenters. The van der Waals surface area contributed by atoms with E-state index >= 15 is 0 Å². The lowest BCUT2D eigenvalue weighted by atomic mass is 10.1. The van der Waals surface area contributed by atoms with E-state index in [-0.39, 0.29) is 12.1 Å². The first-order chi connectivity index (χ1) is 9.06. The van der Waals surface area contributed by atoms with Crippen molar-refractivity contribution in [1.29, 1.82) is 0 Å². The summed E-state index contributed by atoms with van der Waals surface area (Å²) in [5, 5.41) is 0. The van der Waals surface area contributed by atoms with Crippen molar-refractivity contribution in [2.75, 3.05) is 0 Å². The molecular formula is C15H19Br2NO. The van der Waals surface area contributed by atoms with E-state index in [9.17, 15) is 0 Å². The van der Waals surface area contributed by atoms with Crippen LogP contribution in [-0.4, -0.2) is 12.1 Å². The molecule has 0 bridgehead atoms. The normalized spacial score (nSPS) is 20.3. The molecule has 2 atom stereocenters. The van der Waals surface area contributed by atoms with Crippen LogP contribution < -0.4 is 10.5 Å². The molecule has 104 valence electrons. The molecule has 1 aromatic rings. The van der Waals surface area contributed by atoms with Gasteiger partial charge in [0.05, 0.1) is 8.95 Å². The largest absolute Gasteiger partial charge is 0.484 e. The van der Waals surface area contributed by atoms with Crippen LogP contribution in [0, 0.1) is 0 Å². The molecule has 0 aliphatic heterocycles. The third-order valence-corrected chi connectivity index (χ3v) is 4.27. The van der Waals surface area contributed by atoms with Crippen molar-refractivity contribution < 1.29 is 4.74 Å². The SMILES string of the molecule is CC(N)Cc1cc(Br)c(OC2C=CCCC2)c(Br)c1. The minimum absolute atomic E-state index is 0.159. The molecule has 2 rings (SSSR count). The van der Waals surface area contributed by atoms with Crippen molar-refractivity contribution in [3.8, 4) is 5.75 Å². The first-order valence-electron chi connectivity index (χ1n) is 6.63. The van der Waals surface area contributed by atoms with Crippen molar-refractivity contribution in [2.45, 2.75) is 44.8 Å². The fraction of sp³-hybridized carbons (Fsp3) is 0.467. The average Bonchev–Trinajstić information content (AvgIpc) is 2.34. The van der Waals surface area contributed by atoms with Gasteiger partial charge in [0.1, 0.15) is 11.9 Å². The van der Waals surface area contributed by atoms with Crippen molar-refractivity contribution in [3.63, 3.8) is 0 Å². The van der Waals surface area contributed by atoms with Gasteiger partial charge in [-0.05, 0) is 88.2 Å². The van der Waals surface area contributed by atoms with Crippen LogP contribution in [-0.2, 0) is 6.42 Å². The average molecular weight is 389 g/mol. The van der Waals surface area contributed by atoms with E-state index in [1.54, 1.807) is 0 Å². The Morgan fingerprint density at radius 1 is 1.37 bits per heavy atom. The van der Waals surface area contributed by atoms with Crippen molar-refractivity contribution in [3.05, 3.63) is 38.8 Å². The lowest BCUT2D eigenvalue weighted by Gasteiger charge is -2.21. The number of rotatable bonds is 4. The van der Waals surface area contributed by atoms with Gasteiger partial charge in [0.15, 0.2) is 0 Å². The predicted molar refractivity (Wildman–Crippen MR) is 86.6 cm³/mol. The summed E-state index contributed by atoms with van der Waals surface area (Å²) in [6, 6.07) is 4.35. The summed E-state index contributed by atoms with van der Waals surface area (Å²) in [5.74, 6) is 0.880. The van der Waals surface area contributed by atoms with Crippen LogP contribution in [0.1, 0.15) is 31.7 Å². The molecule has 4 heteroatoms. The van der Waals surface area contributed by atoms with Crippen LogP contribution in [0.25, 0.3) is 0 Å². The third kappa shape index (κ3) is 4.33. The molecule has 1 aliphatic carbocycles. The van der Waals surface area contributed by atoms with Gasteiger partial charge in [0.25, 0.3) is 0 Å². The molecule has 0 spiro atoms. The summed E-state index contributed by atoms with van der Waals surface area (Å²) >= 11 is 7.19. The molecule has 0 fully saturated rings. The summed E-state index contributed by atoms with van der Waals surface area (Å²) < 4.78 is 8.03. The van der Waals surface area contributed by atoms with Gasteiger partial charge in [-0.2, -0.15) is 0 Å². The van der Waals surface area contributed by atoms with Crippen molar-refractivity contribution in [2.24, 2.45) is 5.73 Å². The van der Waals surface area contributed by atoms with Gasteiger partial charge in [-0.15, -0.1) is 0 Å². The Morgan fingerprint density at radius 2 is 2.05 bits per heavy atom. The van der Waals surface area contributed by atoms with E-state index in [0.29, 0.717) is 0 Å². The lowest BCUT2D eigenvalue weighted by Crippen LogP contribution is -2.18. The zero-order valence-electron chi connectivity index (χ0n) is 11.0. The zero-order valence-corrected chi connectivity index (χ0v) is 14.2. The van der Waals surface area contributed by atoms with Gasteiger partial charge >= 0.3 is 0 Å². The summed E-state index contributed by atoms with van der Waals surface area (Å²) in [4.78, 5) is 0. The lowest BCUT2D eigenvalue weighted by molar-refractivity contribution is 0.227. The Balaban J connectivity index is 2.16. The van der Waals surface area contributed by atoms with Crippen LogP contribution in [0.15, 0.2) is 33.2 Å². The maximum absolute atomic E-state index is 6.07. The number of allylic oxidation sites excluding steroid dienone is 1. The van der Waals surface area contributed by atoms with Gasteiger partial charge in [-0.25, -0.2) is 0 Å². The molecule has 0 amide bonds.